The van der Waals surface area contributed by atoms with Crippen molar-refractivity contribution in [2.45, 2.75) is 30.5 Å². The highest BCUT2D eigenvalue weighted by atomic mass is 35.7. The topological polar surface area (TPSA) is 54.5 Å². The van der Waals surface area contributed by atoms with Gasteiger partial charge in [-0.05, 0) is 37.1 Å². The van der Waals surface area contributed by atoms with E-state index in [1.54, 1.807) is 0 Å². The zero-order valence-corrected chi connectivity index (χ0v) is 11.7. The molecule has 0 saturated heterocycles. The lowest BCUT2D eigenvalue weighted by molar-refractivity contribution is -0.170. The van der Waals surface area contributed by atoms with E-state index >= 15 is 0 Å². The van der Waals surface area contributed by atoms with Crippen LogP contribution in [0.25, 0.3) is 0 Å². The second-order valence-electron chi connectivity index (χ2n) is 4.45. The highest BCUT2D eigenvalue weighted by Crippen LogP contribution is 2.37. The number of nitrogens with zero attached hydrogens (tertiary/aromatic N) is 1. The summed E-state index contributed by atoms with van der Waals surface area (Å²) in [5, 5.41) is 0. The van der Waals surface area contributed by atoms with E-state index in [0.29, 0.717) is 10.5 Å². The quantitative estimate of drug-likeness (QED) is 0.745. The first-order chi connectivity index (χ1) is 9.01. The highest BCUT2D eigenvalue weighted by molar-refractivity contribution is 8.13. The van der Waals surface area contributed by atoms with E-state index in [-0.39, 0.29) is 17.0 Å². The highest BCUT2D eigenvalue weighted by Gasteiger charge is 2.47. The van der Waals surface area contributed by atoms with Gasteiger partial charge in [0, 0.05) is 22.4 Å². The number of hydrogen-bond acceptors (Lipinski definition) is 3. The Kier molecular flexibility index (Phi) is 3.50. The maximum atomic E-state index is 12.5. The Morgan fingerprint density at radius 1 is 1.40 bits per heavy atom. The van der Waals surface area contributed by atoms with Crippen LogP contribution in [0.1, 0.15) is 12.5 Å². The Hall–Kier alpha value is -1.28. The predicted octanol–water partition coefficient (Wildman–Crippen LogP) is 2.45. The number of rotatable bonds is 1. The van der Waals surface area contributed by atoms with Gasteiger partial charge in [0.15, 0.2) is 0 Å². The van der Waals surface area contributed by atoms with Crippen molar-refractivity contribution in [2.24, 2.45) is 0 Å². The van der Waals surface area contributed by atoms with Crippen LogP contribution in [0.4, 0.5) is 18.9 Å². The molecule has 0 unspecified atom stereocenters. The van der Waals surface area contributed by atoms with Crippen molar-refractivity contribution in [1.82, 2.24) is 0 Å². The van der Waals surface area contributed by atoms with Crippen molar-refractivity contribution >= 4 is 31.3 Å². The van der Waals surface area contributed by atoms with Gasteiger partial charge in [0.25, 0.3) is 9.05 Å². The molecule has 110 valence electrons. The summed E-state index contributed by atoms with van der Waals surface area (Å²) in [5.74, 6) is -1.97. The van der Waals surface area contributed by atoms with E-state index in [0.717, 1.165) is 12.1 Å². The molecule has 1 aliphatic heterocycles. The number of halogens is 4. The van der Waals surface area contributed by atoms with Crippen LogP contribution in [0.5, 0.6) is 0 Å². The van der Waals surface area contributed by atoms with Crippen molar-refractivity contribution in [3.8, 4) is 0 Å². The van der Waals surface area contributed by atoms with Crippen LogP contribution < -0.4 is 4.90 Å². The maximum Gasteiger partial charge on any atom is 0.471 e. The van der Waals surface area contributed by atoms with Gasteiger partial charge in [-0.15, -0.1) is 0 Å². The molecule has 20 heavy (non-hydrogen) atoms. The van der Waals surface area contributed by atoms with Crippen LogP contribution in [0, 0.1) is 0 Å². The molecule has 0 spiro atoms. The molecule has 4 nitrogen and oxygen atoms in total. The van der Waals surface area contributed by atoms with Crippen molar-refractivity contribution in [2.75, 3.05) is 4.90 Å². The Morgan fingerprint density at radius 3 is 2.50 bits per heavy atom. The van der Waals surface area contributed by atoms with E-state index < -0.39 is 27.2 Å². The number of amides is 1. The molecular weight excluding hydrogens is 319 g/mol. The van der Waals surface area contributed by atoms with E-state index in [1.807, 2.05) is 0 Å². The van der Waals surface area contributed by atoms with Crippen LogP contribution in [-0.4, -0.2) is 26.5 Å². The molecule has 0 N–H and O–H groups in total. The van der Waals surface area contributed by atoms with Gasteiger partial charge in [-0.3, -0.25) is 4.79 Å². The molecule has 0 aliphatic carbocycles. The Labute approximate surface area is 117 Å². The fourth-order valence-electron chi connectivity index (χ4n) is 2.21. The third kappa shape index (κ3) is 2.62. The van der Waals surface area contributed by atoms with Crippen LogP contribution in [0.2, 0.25) is 0 Å². The zero-order chi connectivity index (χ0) is 15.3. The van der Waals surface area contributed by atoms with Gasteiger partial charge in [-0.25, -0.2) is 8.42 Å². The lowest BCUT2D eigenvalue weighted by atomic mass is 10.1. The van der Waals surface area contributed by atoms with Crippen LogP contribution >= 0.6 is 10.7 Å². The van der Waals surface area contributed by atoms with Gasteiger partial charge in [0.2, 0.25) is 0 Å². The van der Waals surface area contributed by atoms with E-state index in [2.05, 4.69) is 0 Å². The van der Waals surface area contributed by atoms with Crippen molar-refractivity contribution in [1.29, 1.82) is 0 Å². The normalized spacial score (nSPS) is 19.1. The van der Waals surface area contributed by atoms with Gasteiger partial charge in [-0.2, -0.15) is 13.2 Å². The summed E-state index contributed by atoms with van der Waals surface area (Å²) in [7, 11) is 1.22. The number of carbonyl (C=O) groups excluding carboxylic acids is 1. The lowest BCUT2D eigenvalue weighted by Crippen LogP contribution is -2.44. The summed E-state index contributed by atoms with van der Waals surface area (Å²) in [5.41, 5.74) is 0.403. The molecule has 9 heteroatoms. The number of benzene rings is 1. The van der Waals surface area contributed by atoms with E-state index in [1.165, 1.54) is 13.0 Å². The van der Waals surface area contributed by atoms with Crippen molar-refractivity contribution < 1.29 is 26.4 Å². The molecule has 0 fully saturated rings. The molecule has 1 aromatic carbocycles. The average Bonchev–Trinajstić information content (AvgIpc) is 2.60. The average molecular weight is 328 g/mol. The van der Waals surface area contributed by atoms with Crippen LogP contribution in [0.3, 0.4) is 0 Å². The number of fused-ring (bicyclic) bond motifs is 1. The summed E-state index contributed by atoms with van der Waals surface area (Å²) in [6.07, 6.45) is -4.84. The molecule has 1 atom stereocenters. The monoisotopic (exact) mass is 327 g/mol. The Bertz CT molecular complexity index is 672. The number of hydrogen-bond donors (Lipinski definition) is 0. The zero-order valence-electron chi connectivity index (χ0n) is 10.1. The van der Waals surface area contributed by atoms with Crippen molar-refractivity contribution in [3.63, 3.8) is 0 Å². The van der Waals surface area contributed by atoms with Gasteiger partial charge in [-0.1, -0.05) is 0 Å². The van der Waals surface area contributed by atoms with Gasteiger partial charge < -0.3 is 4.90 Å². The molecule has 0 bridgehead atoms. The fourth-order valence-corrected chi connectivity index (χ4v) is 3.01. The molecular formula is C11H9ClF3NO3S. The second-order valence-corrected chi connectivity index (χ2v) is 7.02. The molecule has 1 aromatic rings. The fraction of sp³-hybridized carbons (Fsp3) is 0.364. The van der Waals surface area contributed by atoms with E-state index in [9.17, 15) is 26.4 Å². The van der Waals surface area contributed by atoms with Gasteiger partial charge in [0.05, 0.1) is 4.90 Å². The first kappa shape index (κ1) is 15.1. The number of anilines is 1. The first-order valence-corrected chi connectivity index (χ1v) is 7.80. The standard InChI is InChI=1S/C11H9ClF3NO3S/c1-6-4-7-5-8(20(12,18)19)2-3-9(7)16(6)10(17)11(13,14)15/h2-3,5-6H,4H2,1H3/t6-/m1/s1. The molecule has 2 rings (SSSR count). The minimum atomic E-state index is -4.98. The largest absolute Gasteiger partial charge is 0.471 e. The summed E-state index contributed by atoms with van der Waals surface area (Å²) >= 11 is 0. The molecule has 0 radical (unpaired) electrons. The summed E-state index contributed by atoms with van der Waals surface area (Å²) in [4.78, 5) is 11.8. The second kappa shape index (κ2) is 4.63. The predicted molar refractivity (Wildman–Crippen MR) is 66.2 cm³/mol. The first-order valence-electron chi connectivity index (χ1n) is 5.50. The summed E-state index contributed by atoms with van der Waals surface area (Å²) < 4.78 is 60.0. The molecule has 0 aromatic heterocycles. The van der Waals surface area contributed by atoms with Gasteiger partial charge >= 0.3 is 12.1 Å². The van der Waals surface area contributed by atoms with E-state index in [4.69, 9.17) is 10.7 Å². The minimum absolute atomic E-state index is 0.0592. The molecule has 1 heterocycles. The molecule has 0 saturated carbocycles. The van der Waals surface area contributed by atoms with Gasteiger partial charge in [0.1, 0.15) is 0 Å². The molecule has 1 amide bonds. The maximum absolute atomic E-state index is 12.5. The van der Waals surface area contributed by atoms with Crippen LogP contribution in [0.15, 0.2) is 23.1 Å². The third-order valence-electron chi connectivity index (χ3n) is 3.01. The summed E-state index contributed by atoms with van der Waals surface area (Å²) in [6.45, 7) is 1.46. The third-order valence-corrected chi connectivity index (χ3v) is 4.36. The van der Waals surface area contributed by atoms with Crippen LogP contribution in [-0.2, 0) is 20.3 Å². The smallest absolute Gasteiger partial charge is 0.301 e. The minimum Gasteiger partial charge on any atom is -0.301 e. The number of alkyl halides is 3. The number of carbonyl (C=O) groups is 1. The Balaban J connectivity index is 2.48. The Morgan fingerprint density at radius 2 is 2.00 bits per heavy atom. The lowest BCUT2D eigenvalue weighted by Gasteiger charge is -2.23. The summed E-state index contributed by atoms with van der Waals surface area (Å²) in [6, 6.07) is 2.73. The molecule has 1 aliphatic rings. The van der Waals surface area contributed by atoms with Crippen molar-refractivity contribution in [3.05, 3.63) is 23.8 Å². The SMILES string of the molecule is C[C@@H]1Cc2cc(S(=O)(=O)Cl)ccc2N1C(=O)C(F)(F)F.